The number of carbonyl (C=O) groups is 1. The number of benzene rings is 2. The lowest BCUT2D eigenvalue weighted by Gasteiger charge is -2.40. The summed E-state index contributed by atoms with van der Waals surface area (Å²) >= 11 is 6.58. The number of aromatic nitrogens is 1. The summed E-state index contributed by atoms with van der Waals surface area (Å²) in [7, 11) is 0. The van der Waals surface area contributed by atoms with Crippen molar-refractivity contribution in [2.24, 2.45) is 5.92 Å². The number of hydrogen-bond donors (Lipinski definition) is 0. The molecule has 0 N–H and O–H groups in total. The van der Waals surface area contributed by atoms with E-state index < -0.39 is 0 Å². The standard InChI is InChI=1S/C29H33ClFN3O2/c30-25-7-3-6-23-22(25)12-17-34(29(35)20-4-1-2-5-20)26(23)13-16-33-14-10-19(11-15-33)28-24-9-8-21(31)18-27(24)36-32-28/h3,6-9,18-20,26H,1-2,4-5,10-17H2. The van der Waals surface area contributed by atoms with E-state index in [1.807, 2.05) is 12.1 Å². The summed E-state index contributed by atoms with van der Waals surface area (Å²) in [4.78, 5) is 18.2. The molecule has 6 rings (SSSR count). The number of likely N-dealkylation sites (tertiary alicyclic amines) is 1. The predicted molar refractivity (Wildman–Crippen MR) is 139 cm³/mol. The summed E-state index contributed by atoms with van der Waals surface area (Å²) in [6.07, 6.45) is 8.15. The summed E-state index contributed by atoms with van der Waals surface area (Å²) in [5, 5.41) is 6.04. The molecule has 1 amide bonds. The molecule has 1 aliphatic carbocycles. The van der Waals surface area contributed by atoms with Crippen LogP contribution in [0.3, 0.4) is 0 Å². The van der Waals surface area contributed by atoms with Crippen molar-refractivity contribution < 1.29 is 13.7 Å². The lowest BCUT2D eigenvalue weighted by Crippen LogP contribution is -2.44. The molecule has 2 aromatic carbocycles. The number of fused-ring (bicyclic) bond motifs is 2. The van der Waals surface area contributed by atoms with Crippen LogP contribution in [-0.2, 0) is 11.2 Å². The van der Waals surface area contributed by atoms with E-state index in [-0.39, 0.29) is 17.8 Å². The average molecular weight is 510 g/mol. The fourth-order valence-corrected chi connectivity index (χ4v) is 6.93. The van der Waals surface area contributed by atoms with Crippen molar-refractivity contribution in [2.75, 3.05) is 26.2 Å². The summed E-state index contributed by atoms with van der Waals surface area (Å²) in [6, 6.07) is 10.9. The van der Waals surface area contributed by atoms with Gasteiger partial charge in [-0.3, -0.25) is 4.79 Å². The van der Waals surface area contributed by atoms with Gasteiger partial charge in [-0.15, -0.1) is 0 Å². The van der Waals surface area contributed by atoms with Crippen LogP contribution in [0.25, 0.3) is 11.0 Å². The van der Waals surface area contributed by atoms with E-state index in [9.17, 15) is 9.18 Å². The van der Waals surface area contributed by atoms with Crippen LogP contribution in [0.5, 0.6) is 0 Å². The molecule has 0 bridgehead atoms. The number of halogens is 2. The Hall–Kier alpha value is -2.44. The number of piperidine rings is 1. The Morgan fingerprint density at radius 3 is 2.69 bits per heavy atom. The lowest BCUT2D eigenvalue weighted by atomic mass is 9.88. The highest BCUT2D eigenvalue weighted by Crippen LogP contribution is 2.39. The number of hydrogen-bond acceptors (Lipinski definition) is 4. The smallest absolute Gasteiger partial charge is 0.226 e. The lowest BCUT2D eigenvalue weighted by molar-refractivity contribution is -0.138. The van der Waals surface area contributed by atoms with Crippen molar-refractivity contribution in [1.82, 2.24) is 15.0 Å². The molecule has 5 nitrogen and oxygen atoms in total. The van der Waals surface area contributed by atoms with Crippen LogP contribution < -0.4 is 0 Å². The molecule has 2 fully saturated rings. The van der Waals surface area contributed by atoms with Crippen molar-refractivity contribution in [3.8, 4) is 0 Å². The highest BCUT2D eigenvalue weighted by atomic mass is 35.5. The van der Waals surface area contributed by atoms with Gasteiger partial charge in [0.05, 0.1) is 11.7 Å². The molecule has 1 saturated heterocycles. The molecule has 1 aromatic heterocycles. The zero-order chi connectivity index (χ0) is 24.6. The Balaban J connectivity index is 1.13. The average Bonchev–Trinajstić information content (AvgIpc) is 3.58. The van der Waals surface area contributed by atoms with E-state index in [1.54, 1.807) is 6.07 Å². The molecule has 0 spiro atoms. The quantitative estimate of drug-likeness (QED) is 0.393. The van der Waals surface area contributed by atoms with E-state index in [2.05, 4.69) is 21.0 Å². The minimum absolute atomic E-state index is 0.0904. The first-order valence-electron chi connectivity index (χ1n) is 13.4. The summed E-state index contributed by atoms with van der Waals surface area (Å²) in [5.74, 6) is 0.555. The van der Waals surface area contributed by atoms with Crippen LogP contribution in [-0.4, -0.2) is 47.0 Å². The molecular formula is C29H33ClFN3O2. The highest BCUT2D eigenvalue weighted by molar-refractivity contribution is 6.31. The van der Waals surface area contributed by atoms with E-state index >= 15 is 0 Å². The molecule has 3 heterocycles. The van der Waals surface area contributed by atoms with Gasteiger partial charge in [0, 0.05) is 41.4 Å². The Morgan fingerprint density at radius 2 is 1.89 bits per heavy atom. The largest absolute Gasteiger partial charge is 0.356 e. The van der Waals surface area contributed by atoms with Crippen LogP contribution in [0.15, 0.2) is 40.9 Å². The van der Waals surface area contributed by atoms with Crippen LogP contribution in [0, 0.1) is 11.7 Å². The normalized spacial score (nSPS) is 21.8. The van der Waals surface area contributed by atoms with Crippen LogP contribution in [0.4, 0.5) is 4.39 Å². The molecule has 2 aliphatic heterocycles. The van der Waals surface area contributed by atoms with Gasteiger partial charge in [0.1, 0.15) is 5.82 Å². The Labute approximate surface area is 216 Å². The summed E-state index contributed by atoms with van der Waals surface area (Å²) in [5.41, 5.74) is 3.92. The molecule has 1 atom stereocenters. The van der Waals surface area contributed by atoms with Crippen molar-refractivity contribution in [3.63, 3.8) is 0 Å². The first kappa shape index (κ1) is 23.9. The molecule has 190 valence electrons. The SMILES string of the molecule is O=C(C1CCCC1)N1CCc2c(Cl)cccc2C1CCN1CCC(c2noc3cc(F)ccc23)CC1. The first-order chi connectivity index (χ1) is 17.6. The van der Waals surface area contributed by atoms with Gasteiger partial charge in [-0.05, 0) is 80.9 Å². The molecule has 36 heavy (non-hydrogen) atoms. The maximum absolute atomic E-state index is 13.5. The van der Waals surface area contributed by atoms with E-state index in [1.165, 1.54) is 36.1 Å². The maximum atomic E-state index is 13.5. The number of nitrogens with zero attached hydrogens (tertiary/aromatic N) is 3. The first-order valence-corrected chi connectivity index (χ1v) is 13.8. The van der Waals surface area contributed by atoms with Gasteiger partial charge in [-0.1, -0.05) is 41.7 Å². The Bertz CT molecular complexity index is 1250. The molecule has 3 aromatic rings. The Kier molecular flexibility index (Phi) is 6.74. The van der Waals surface area contributed by atoms with Crippen LogP contribution in [0.1, 0.15) is 73.7 Å². The molecule has 1 unspecified atom stereocenters. The van der Waals surface area contributed by atoms with E-state index in [4.69, 9.17) is 16.1 Å². The van der Waals surface area contributed by atoms with Gasteiger partial charge in [-0.25, -0.2) is 4.39 Å². The second kappa shape index (κ2) is 10.1. The molecular weight excluding hydrogens is 477 g/mol. The van der Waals surface area contributed by atoms with Gasteiger partial charge in [-0.2, -0.15) is 0 Å². The number of rotatable bonds is 5. The van der Waals surface area contributed by atoms with Gasteiger partial charge in [0.2, 0.25) is 5.91 Å². The summed E-state index contributed by atoms with van der Waals surface area (Å²) in [6.45, 7) is 3.67. The van der Waals surface area contributed by atoms with Crippen LogP contribution >= 0.6 is 11.6 Å². The predicted octanol–water partition coefficient (Wildman–Crippen LogP) is 6.51. The fourth-order valence-electron chi connectivity index (χ4n) is 6.65. The second-order valence-corrected chi connectivity index (χ2v) is 11.1. The molecule has 3 aliphatic rings. The minimum Gasteiger partial charge on any atom is -0.356 e. The van der Waals surface area contributed by atoms with E-state index in [0.717, 1.165) is 80.8 Å². The molecule has 1 saturated carbocycles. The van der Waals surface area contributed by atoms with Gasteiger partial charge < -0.3 is 14.3 Å². The molecule has 7 heteroatoms. The van der Waals surface area contributed by atoms with Crippen LogP contribution in [0.2, 0.25) is 5.02 Å². The third kappa shape index (κ3) is 4.54. The van der Waals surface area contributed by atoms with Crippen molar-refractivity contribution in [1.29, 1.82) is 0 Å². The maximum Gasteiger partial charge on any atom is 0.226 e. The fraction of sp³-hybridized carbons (Fsp3) is 0.517. The van der Waals surface area contributed by atoms with Crippen molar-refractivity contribution in [3.05, 3.63) is 64.1 Å². The minimum atomic E-state index is -0.300. The van der Waals surface area contributed by atoms with Crippen molar-refractivity contribution >= 4 is 28.5 Å². The summed E-state index contributed by atoms with van der Waals surface area (Å²) < 4.78 is 18.9. The topological polar surface area (TPSA) is 49.6 Å². The zero-order valence-electron chi connectivity index (χ0n) is 20.6. The number of carbonyl (C=O) groups excluding carboxylic acids is 1. The monoisotopic (exact) mass is 509 g/mol. The van der Waals surface area contributed by atoms with E-state index in [0.29, 0.717) is 17.4 Å². The Morgan fingerprint density at radius 1 is 1.08 bits per heavy atom. The highest BCUT2D eigenvalue weighted by Gasteiger charge is 2.36. The third-order valence-corrected chi connectivity index (χ3v) is 8.99. The van der Waals surface area contributed by atoms with Gasteiger partial charge >= 0.3 is 0 Å². The number of amides is 1. The zero-order valence-corrected chi connectivity index (χ0v) is 21.4. The van der Waals surface area contributed by atoms with Crippen molar-refractivity contribution in [2.45, 2.75) is 63.3 Å². The third-order valence-electron chi connectivity index (χ3n) is 8.64. The van der Waals surface area contributed by atoms with Gasteiger partial charge in [0.15, 0.2) is 5.58 Å². The van der Waals surface area contributed by atoms with Gasteiger partial charge in [0.25, 0.3) is 0 Å². The molecule has 0 radical (unpaired) electrons. The second-order valence-electron chi connectivity index (χ2n) is 10.7.